The predicted molar refractivity (Wildman–Crippen MR) is 120 cm³/mol. The largest absolute Gasteiger partial charge is 0.341 e. The second-order valence-electron chi connectivity index (χ2n) is 8.54. The second-order valence-corrected chi connectivity index (χ2v) is 10.5. The molecule has 0 bridgehead atoms. The van der Waals surface area contributed by atoms with Crippen LogP contribution in [0, 0.1) is 16.0 Å². The SMILES string of the molecule is CN(Cc1ccccc1[N+](=O)[O-])C(=O)C1CCN(S(=O)(=O)c2ccc3c(c2)CCC3)CC1. The van der Waals surface area contributed by atoms with Gasteiger partial charge in [0.1, 0.15) is 0 Å². The highest BCUT2D eigenvalue weighted by atomic mass is 32.2. The van der Waals surface area contributed by atoms with Crippen LogP contribution in [0.3, 0.4) is 0 Å². The summed E-state index contributed by atoms with van der Waals surface area (Å²) in [7, 11) is -1.95. The molecule has 0 unspecified atom stereocenters. The monoisotopic (exact) mass is 457 g/mol. The maximum absolute atomic E-state index is 13.1. The fraction of sp³-hybridized carbons (Fsp3) is 0.435. The van der Waals surface area contributed by atoms with Crippen molar-refractivity contribution in [1.82, 2.24) is 9.21 Å². The molecule has 1 aliphatic heterocycles. The number of nitro groups is 1. The summed E-state index contributed by atoms with van der Waals surface area (Å²) in [6, 6.07) is 11.8. The van der Waals surface area contributed by atoms with Gasteiger partial charge < -0.3 is 4.90 Å². The lowest BCUT2D eigenvalue weighted by atomic mass is 9.96. The molecule has 2 aromatic carbocycles. The van der Waals surface area contributed by atoms with E-state index in [0.717, 1.165) is 24.8 Å². The van der Waals surface area contributed by atoms with Gasteiger partial charge >= 0.3 is 0 Å². The quantitative estimate of drug-likeness (QED) is 0.490. The average molecular weight is 458 g/mol. The Labute approximate surface area is 188 Å². The Bertz CT molecular complexity index is 1140. The molecule has 9 heteroatoms. The molecule has 170 valence electrons. The van der Waals surface area contributed by atoms with Crippen LogP contribution in [0.15, 0.2) is 47.4 Å². The number of benzene rings is 2. The van der Waals surface area contributed by atoms with Gasteiger partial charge in [-0.2, -0.15) is 4.31 Å². The Morgan fingerprint density at radius 2 is 1.81 bits per heavy atom. The number of carbonyl (C=O) groups excluding carboxylic acids is 1. The van der Waals surface area contributed by atoms with Gasteiger partial charge in [0.15, 0.2) is 0 Å². The van der Waals surface area contributed by atoms with Gasteiger partial charge in [0.05, 0.1) is 16.4 Å². The first-order valence-electron chi connectivity index (χ1n) is 10.9. The summed E-state index contributed by atoms with van der Waals surface area (Å²) >= 11 is 0. The van der Waals surface area contributed by atoms with Crippen LogP contribution in [-0.4, -0.2) is 48.6 Å². The molecule has 4 rings (SSSR count). The van der Waals surface area contributed by atoms with E-state index in [2.05, 4.69) is 0 Å². The van der Waals surface area contributed by atoms with Crippen molar-refractivity contribution in [3.63, 3.8) is 0 Å². The van der Waals surface area contributed by atoms with Crippen molar-refractivity contribution in [2.45, 2.75) is 43.5 Å². The van der Waals surface area contributed by atoms with Crippen LogP contribution >= 0.6 is 0 Å². The fourth-order valence-corrected chi connectivity index (χ4v) is 6.19. The predicted octanol–water partition coefficient (Wildman–Crippen LogP) is 3.14. The lowest BCUT2D eigenvalue weighted by Crippen LogP contribution is -2.43. The highest BCUT2D eigenvalue weighted by Gasteiger charge is 2.34. The first-order chi connectivity index (χ1) is 15.3. The van der Waals surface area contributed by atoms with Gasteiger partial charge in [-0.15, -0.1) is 0 Å². The second kappa shape index (κ2) is 8.99. The third kappa shape index (κ3) is 4.40. The van der Waals surface area contributed by atoms with Gasteiger partial charge in [0, 0.05) is 37.7 Å². The summed E-state index contributed by atoms with van der Waals surface area (Å²) in [6.45, 7) is 0.716. The van der Waals surface area contributed by atoms with Crippen LogP contribution in [0.2, 0.25) is 0 Å². The summed E-state index contributed by atoms with van der Waals surface area (Å²) in [4.78, 5) is 25.5. The first kappa shape index (κ1) is 22.4. The average Bonchev–Trinajstić information content (AvgIpc) is 3.27. The van der Waals surface area contributed by atoms with E-state index in [1.54, 1.807) is 37.4 Å². The molecular formula is C23H27N3O5S. The number of nitro benzene ring substituents is 1. The molecule has 0 N–H and O–H groups in total. The van der Waals surface area contributed by atoms with Crippen molar-refractivity contribution in [2.24, 2.45) is 5.92 Å². The van der Waals surface area contributed by atoms with Gasteiger partial charge in [0.25, 0.3) is 5.69 Å². The molecule has 0 saturated carbocycles. The van der Waals surface area contributed by atoms with E-state index in [0.29, 0.717) is 23.3 Å². The Balaban J connectivity index is 1.39. The van der Waals surface area contributed by atoms with E-state index in [1.165, 1.54) is 20.8 Å². The van der Waals surface area contributed by atoms with Crippen LogP contribution in [0.1, 0.15) is 36.0 Å². The van der Waals surface area contributed by atoms with Crippen molar-refractivity contribution < 1.29 is 18.1 Å². The standard InChI is InChI=1S/C23H27N3O5S/c1-24(16-20-5-2-3-8-22(20)26(28)29)23(27)18-11-13-25(14-12-18)32(30,31)21-10-9-17-6-4-7-19(17)15-21/h2-3,5,8-10,15,18H,4,6-7,11-14,16H2,1H3. The molecule has 2 aliphatic rings. The first-order valence-corrected chi connectivity index (χ1v) is 12.3. The Morgan fingerprint density at radius 3 is 2.53 bits per heavy atom. The zero-order valence-corrected chi connectivity index (χ0v) is 18.9. The molecule has 1 heterocycles. The molecule has 0 atom stereocenters. The maximum atomic E-state index is 13.1. The number of sulfonamides is 1. The minimum atomic E-state index is -3.58. The number of hydrogen-bond donors (Lipinski definition) is 0. The minimum Gasteiger partial charge on any atom is -0.341 e. The molecule has 0 spiro atoms. The molecule has 0 radical (unpaired) electrons. The summed E-state index contributed by atoms with van der Waals surface area (Å²) in [5, 5.41) is 11.2. The number of fused-ring (bicyclic) bond motifs is 1. The molecule has 32 heavy (non-hydrogen) atoms. The number of piperidine rings is 1. The number of carbonyl (C=O) groups is 1. The normalized spacial score (nSPS) is 17.2. The molecule has 8 nitrogen and oxygen atoms in total. The van der Waals surface area contributed by atoms with E-state index in [-0.39, 0.29) is 37.1 Å². The molecule has 1 fully saturated rings. The van der Waals surface area contributed by atoms with E-state index in [1.807, 2.05) is 6.07 Å². The van der Waals surface area contributed by atoms with Gasteiger partial charge in [0.2, 0.25) is 15.9 Å². The van der Waals surface area contributed by atoms with Crippen molar-refractivity contribution >= 4 is 21.6 Å². The van der Waals surface area contributed by atoms with E-state index < -0.39 is 14.9 Å². The van der Waals surface area contributed by atoms with Crippen LogP contribution in [0.25, 0.3) is 0 Å². The summed E-state index contributed by atoms with van der Waals surface area (Å²) in [6.07, 6.45) is 3.85. The Kier molecular flexibility index (Phi) is 6.30. The Hall–Kier alpha value is -2.78. The number of amides is 1. The van der Waals surface area contributed by atoms with E-state index >= 15 is 0 Å². The third-order valence-electron chi connectivity index (χ3n) is 6.48. The van der Waals surface area contributed by atoms with Crippen molar-refractivity contribution in [3.8, 4) is 0 Å². The van der Waals surface area contributed by atoms with Crippen molar-refractivity contribution in [3.05, 3.63) is 69.3 Å². The molecule has 1 amide bonds. The zero-order chi connectivity index (χ0) is 22.9. The fourth-order valence-electron chi connectivity index (χ4n) is 4.67. The van der Waals surface area contributed by atoms with Gasteiger partial charge in [-0.25, -0.2) is 8.42 Å². The molecule has 1 saturated heterocycles. The highest BCUT2D eigenvalue weighted by Crippen LogP contribution is 2.29. The van der Waals surface area contributed by atoms with Crippen molar-refractivity contribution in [2.75, 3.05) is 20.1 Å². The van der Waals surface area contributed by atoms with E-state index in [4.69, 9.17) is 0 Å². The van der Waals surface area contributed by atoms with Crippen LogP contribution in [0.4, 0.5) is 5.69 Å². The summed E-state index contributed by atoms with van der Waals surface area (Å²) in [5.41, 5.74) is 2.81. The van der Waals surface area contributed by atoms with E-state index in [9.17, 15) is 23.3 Å². The smallest absolute Gasteiger partial charge is 0.274 e. The molecular weight excluding hydrogens is 430 g/mol. The Morgan fingerprint density at radius 1 is 1.12 bits per heavy atom. The highest BCUT2D eigenvalue weighted by molar-refractivity contribution is 7.89. The number of hydrogen-bond acceptors (Lipinski definition) is 5. The molecule has 0 aromatic heterocycles. The van der Waals surface area contributed by atoms with Gasteiger partial charge in [-0.05, 0) is 55.4 Å². The van der Waals surface area contributed by atoms with Gasteiger partial charge in [-0.1, -0.05) is 24.3 Å². The minimum absolute atomic E-state index is 0.0117. The van der Waals surface area contributed by atoms with Crippen LogP contribution in [-0.2, 0) is 34.2 Å². The molecule has 2 aromatic rings. The third-order valence-corrected chi connectivity index (χ3v) is 8.38. The van der Waals surface area contributed by atoms with Crippen LogP contribution < -0.4 is 0 Å². The zero-order valence-electron chi connectivity index (χ0n) is 18.1. The maximum Gasteiger partial charge on any atom is 0.274 e. The molecule has 1 aliphatic carbocycles. The summed E-state index contributed by atoms with van der Waals surface area (Å²) < 4.78 is 27.7. The number of para-hydroxylation sites is 1. The lowest BCUT2D eigenvalue weighted by molar-refractivity contribution is -0.385. The summed E-state index contributed by atoms with van der Waals surface area (Å²) in [5.74, 6) is -0.410. The topological polar surface area (TPSA) is 101 Å². The number of aryl methyl sites for hydroxylation is 2. The van der Waals surface area contributed by atoms with Crippen molar-refractivity contribution in [1.29, 1.82) is 0 Å². The number of nitrogens with zero attached hydrogens (tertiary/aromatic N) is 3. The lowest BCUT2D eigenvalue weighted by Gasteiger charge is -2.32. The van der Waals surface area contributed by atoms with Gasteiger partial charge in [-0.3, -0.25) is 14.9 Å². The van der Waals surface area contributed by atoms with Crippen LogP contribution in [0.5, 0.6) is 0 Å². The number of rotatable bonds is 6.